The first-order chi connectivity index (χ1) is 21.3. The Labute approximate surface area is 255 Å². The van der Waals surface area contributed by atoms with Crippen LogP contribution in [0.15, 0.2) is 140 Å². The highest BCUT2D eigenvalue weighted by Crippen LogP contribution is 2.47. The Bertz CT molecular complexity index is 2560. The number of benzene rings is 8. The van der Waals surface area contributed by atoms with Gasteiger partial charge in [0.15, 0.2) is 0 Å². The maximum Gasteiger partial charge on any atom is 0.0540 e. The molecule has 0 saturated heterocycles. The molecule has 0 N–H and O–H groups in total. The van der Waals surface area contributed by atoms with E-state index in [0.29, 0.717) is 0 Å². The summed E-state index contributed by atoms with van der Waals surface area (Å²) in [7, 11) is 0. The zero-order valence-corrected chi connectivity index (χ0v) is 24.7. The highest BCUT2D eigenvalue weighted by atomic mass is 32.1. The lowest BCUT2D eigenvalue weighted by molar-refractivity contribution is 1.31. The number of thiophene rings is 2. The van der Waals surface area contributed by atoms with Crippen molar-refractivity contribution in [3.8, 4) is 0 Å². The van der Waals surface area contributed by atoms with Gasteiger partial charge in [-0.25, -0.2) is 0 Å². The van der Waals surface area contributed by atoms with Crippen molar-refractivity contribution in [2.24, 2.45) is 0 Å². The number of hydrogen-bond acceptors (Lipinski definition) is 3. The van der Waals surface area contributed by atoms with Crippen molar-refractivity contribution in [2.75, 3.05) is 4.90 Å². The van der Waals surface area contributed by atoms with E-state index < -0.39 is 0 Å². The fourth-order valence-electron chi connectivity index (χ4n) is 7.05. The molecule has 0 saturated carbocycles. The minimum atomic E-state index is 1.18. The first-order valence-electron chi connectivity index (χ1n) is 14.6. The average Bonchev–Trinajstić information content (AvgIpc) is 3.62. The molecule has 0 radical (unpaired) electrons. The molecule has 0 unspecified atom stereocenters. The molecule has 0 aliphatic carbocycles. The lowest BCUT2D eigenvalue weighted by Gasteiger charge is -2.28. The molecule has 43 heavy (non-hydrogen) atoms. The predicted octanol–water partition coefficient (Wildman–Crippen LogP) is 12.8. The molecule has 0 aliphatic rings. The Kier molecular flexibility index (Phi) is 4.81. The average molecular weight is 582 g/mol. The molecule has 10 aromatic rings. The molecule has 8 aromatic carbocycles. The number of nitrogens with zero attached hydrogens (tertiary/aromatic N) is 1. The zero-order valence-electron chi connectivity index (χ0n) is 23.0. The van der Waals surface area contributed by atoms with Gasteiger partial charge in [-0.2, -0.15) is 0 Å². The second-order valence-corrected chi connectivity index (χ2v) is 13.5. The highest BCUT2D eigenvalue weighted by Gasteiger charge is 2.20. The monoisotopic (exact) mass is 581 g/mol. The van der Waals surface area contributed by atoms with Crippen molar-refractivity contribution in [3.05, 3.63) is 140 Å². The van der Waals surface area contributed by atoms with Gasteiger partial charge in [0.1, 0.15) is 0 Å². The number of anilines is 3. The molecule has 0 fully saturated rings. The van der Waals surface area contributed by atoms with E-state index in [9.17, 15) is 0 Å². The Balaban J connectivity index is 1.28. The second kappa shape index (κ2) is 8.78. The minimum Gasteiger partial charge on any atom is -0.310 e. The third-order valence-electron chi connectivity index (χ3n) is 8.99. The highest BCUT2D eigenvalue weighted by molar-refractivity contribution is 7.26. The van der Waals surface area contributed by atoms with Crippen LogP contribution in [-0.2, 0) is 0 Å². The van der Waals surface area contributed by atoms with E-state index in [0.717, 1.165) is 0 Å². The molecule has 2 aromatic heterocycles. The van der Waals surface area contributed by atoms with Gasteiger partial charge in [0, 0.05) is 57.1 Å². The third kappa shape index (κ3) is 3.38. The molecular formula is C40H23NS2. The van der Waals surface area contributed by atoms with Crippen molar-refractivity contribution in [1.29, 1.82) is 0 Å². The summed E-state index contributed by atoms with van der Waals surface area (Å²) in [5, 5.41) is 13.1. The maximum atomic E-state index is 2.47. The van der Waals surface area contributed by atoms with Gasteiger partial charge in [-0.1, -0.05) is 97.1 Å². The summed E-state index contributed by atoms with van der Waals surface area (Å²) in [6, 6.07) is 51.8. The Morgan fingerprint density at radius 1 is 0.349 bits per heavy atom. The van der Waals surface area contributed by atoms with Gasteiger partial charge < -0.3 is 4.90 Å². The van der Waals surface area contributed by atoms with Gasteiger partial charge in [-0.15, -0.1) is 22.7 Å². The molecule has 0 aliphatic heterocycles. The Morgan fingerprint density at radius 3 is 1.47 bits per heavy atom. The van der Waals surface area contributed by atoms with E-state index in [1.165, 1.54) is 89.7 Å². The van der Waals surface area contributed by atoms with E-state index in [4.69, 9.17) is 0 Å². The first kappa shape index (κ1) is 23.6. The van der Waals surface area contributed by atoms with E-state index in [-0.39, 0.29) is 0 Å². The normalized spacial score (nSPS) is 12.2. The van der Waals surface area contributed by atoms with Crippen LogP contribution in [0.3, 0.4) is 0 Å². The number of fused-ring (bicyclic) bond motifs is 6. The van der Waals surface area contributed by atoms with Crippen LogP contribution in [0, 0.1) is 0 Å². The van der Waals surface area contributed by atoms with Crippen LogP contribution in [0.2, 0.25) is 0 Å². The molecule has 0 bridgehead atoms. The van der Waals surface area contributed by atoms with E-state index in [2.05, 4.69) is 144 Å². The van der Waals surface area contributed by atoms with E-state index in [1.807, 2.05) is 22.7 Å². The predicted molar refractivity (Wildman–Crippen MR) is 191 cm³/mol. The topological polar surface area (TPSA) is 3.24 Å². The molecule has 10 rings (SSSR count). The van der Waals surface area contributed by atoms with Crippen molar-refractivity contribution < 1.29 is 0 Å². The van der Waals surface area contributed by atoms with Gasteiger partial charge in [0.25, 0.3) is 0 Å². The van der Waals surface area contributed by atoms with Crippen molar-refractivity contribution >= 4 is 112 Å². The van der Waals surface area contributed by atoms with Crippen LogP contribution in [0.4, 0.5) is 17.1 Å². The molecule has 3 heteroatoms. The third-order valence-corrected chi connectivity index (χ3v) is 11.3. The molecule has 2 heterocycles. The summed E-state index contributed by atoms with van der Waals surface area (Å²) in [5.74, 6) is 0. The van der Waals surface area contributed by atoms with Crippen LogP contribution < -0.4 is 4.90 Å². The fraction of sp³-hybridized carbons (Fsp3) is 0. The molecule has 0 spiro atoms. The Morgan fingerprint density at radius 2 is 0.837 bits per heavy atom. The summed E-state index contributed by atoms with van der Waals surface area (Å²) in [6.45, 7) is 0. The van der Waals surface area contributed by atoms with Crippen molar-refractivity contribution in [1.82, 2.24) is 0 Å². The molecule has 200 valence electrons. The van der Waals surface area contributed by atoms with Gasteiger partial charge in [0.05, 0.1) is 5.69 Å². The van der Waals surface area contributed by atoms with Gasteiger partial charge >= 0.3 is 0 Å². The van der Waals surface area contributed by atoms with Crippen LogP contribution in [0.1, 0.15) is 0 Å². The summed E-state index contributed by atoms with van der Waals surface area (Å²) in [6.07, 6.45) is 0. The second-order valence-electron chi connectivity index (χ2n) is 11.3. The number of rotatable bonds is 3. The summed E-state index contributed by atoms with van der Waals surface area (Å²) < 4.78 is 5.28. The molecule has 0 atom stereocenters. The molecule has 1 nitrogen and oxygen atoms in total. The lowest BCUT2D eigenvalue weighted by atomic mass is 9.93. The van der Waals surface area contributed by atoms with E-state index >= 15 is 0 Å². The number of hydrogen-bond donors (Lipinski definition) is 0. The van der Waals surface area contributed by atoms with Crippen LogP contribution in [0.5, 0.6) is 0 Å². The van der Waals surface area contributed by atoms with E-state index in [1.54, 1.807) is 0 Å². The Hall–Kier alpha value is -4.96. The largest absolute Gasteiger partial charge is 0.310 e. The summed E-state index contributed by atoms with van der Waals surface area (Å²) in [4.78, 5) is 2.47. The van der Waals surface area contributed by atoms with Gasteiger partial charge in [-0.05, 0) is 69.4 Å². The standard InChI is InChI=1S/C40H23NS2/c1-3-10-35-29(8-1)31-19-16-27(22-37(31)42-35)41(28-17-20-32-30-9-2-4-11-36(30)43-38(32)23-28)34-21-15-26-13-12-24-6-5-7-25-14-18-33(34)40(26)39(24)25/h1-23H. The molecular weight excluding hydrogens is 559 g/mol. The summed E-state index contributed by atoms with van der Waals surface area (Å²) in [5.41, 5.74) is 3.55. The smallest absolute Gasteiger partial charge is 0.0540 e. The quantitative estimate of drug-likeness (QED) is 0.188. The fourth-order valence-corrected chi connectivity index (χ4v) is 9.33. The minimum absolute atomic E-state index is 1.18. The van der Waals surface area contributed by atoms with Crippen molar-refractivity contribution in [3.63, 3.8) is 0 Å². The van der Waals surface area contributed by atoms with Gasteiger partial charge in [-0.3, -0.25) is 0 Å². The van der Waals surface area contributed by atoms with Crippen LogP contribution in [-0.4, -0.2) is 0 Å². The van der Waals surface area contributed by atoms with Crippen molar-refractivity contribution in [2.45, 2.75) is 0 Å². The van der Waals surface area contributed by atoms with Crippen LogP contribution in [0.25, 0.3) is 72.7 Å². The molecule has 0 amide bonds. The lowest BCUT2D eigenvalue weighted by Crippen LogP contribution is -2.10. The SMILES string of the molecule is c1cc2ccc3ccc(N(c4ccc5c(c4)sc4ccccc45)c4ccc5c(c4)sc4ccccc45)c4ccc(c1)c2c34. The van der Waals surface area contributed by atoms with Crippen LogP contribution >= 0.6 is 22.7 Å². The first-order valence-corrected chi connectivity index (χ1v) is 16.2. The van der Waals surface area contributed by atoms with Gasteiger partial charge in [0.2, 0.25) is 0 Å². The maximum absolute atomic E-state index is 2.47. The summed E-state index contributed by atoms with van der Waals surface area (Å²) >= 11 is 3.75. The zero-order chi connectivity index (χ0) is 28.1.